The zero-order chi connectivity index (χ0) is 20.5. The van der Waals surface area contributed by atoms with Gasteiger partial charge < -0.3 is 15.0 Å². The molecule has 1 saturated carbocycles. The molecule has 3 rings (SSSR count). The number of methoxy groups -OCH3 is 1. The Morgan fingerprint density at radius 1 is 1.18 bits per heavy atom. The maximum atomic E-state index is 14.3. The molecule has 28 heavy (non-hydrogen) atoms. The number of nitrogens with zero attached hydrogens (tertiary/aromatic N) is 3. The summed E-state index contributed by atoms with van der Waals surface area (Å²) in [6.07, 6.45) is -1.16. The van der Waals surface area contributed by atoms with E-state index in [1.807, 2.05) is 14.1 Å². The first-order valence-corrected chi connectivity index (χ1v) is 8.90. The number of benzene rings is 1. The molecule has 1 aromatic heterocycles. The maximum Gasteiger partial charge on any atom is 0.434 e. The Hall–Kier alpha value is -2.42. The Morgan fingerprint density at radius 3 is 2.50 bits per heavy atom. The minimum atomic E-state index is -4.75. The number of ether oxygens (including phenoxy) is 1. The van der Waals surface area contributed by atoms with Crippen LogP contribution in [0.25, 0.3) is 11.1 Å². The first-order chi connectivity index (χ1) is 13.2. The lowest BCUT2D eigenvalue weighted by atomic mass is 10.0. The van der Waals surface area contributed by atoms with E-state index < -0.39 is 23.3 Å². The lowest BCUT2D eigenvalue weighted by Gasteiger charge is -2.20. The number of hydrogen-bond donors (Lipinski definition) is 1. The number of hydrogen-bond acceptors (Lipinski definition) is 5. The summed E-state index contributed by atoms with van der Waals surface area (Å²) in [5.41, 5.74) is -1.81. The van der Waals surface area contributed by atoms with Crippen LogP contribution in [0.15, 0.2) is 24.4 Å². The zero-order valence-electron chi connectivity index (χ0n) is 15.8. The van der Waals surface area contributed by atoms with Gasteiger partial charge in [0.1, 0.15) is 11.6 Å². The normalized spacial score (nSPS) is 19.9. The van der Waals surface area contributed by atoms with E-state index in [0.29, 0.717) is 6.04 Å². The fourth-order valence-electron chi connectivity index (χ4n) is 3.45. The molecule has 0 bridgehead atoms. The summed E-state index contributed by atoms with van der Waals surface area (Å²) in [5, 5.41) is 2.99. The molecule has 0 amide bonds. The number of aromatic nitrogens is 2. The quantitative estimate of drug-likeness (QED) is 0.765. The van der Waals surface area contributed by atoms with Gasteiger partial charge in [0, 0.05) is 35.5 Å². The van der Waals surface area contributed by atoms with E-state index in [4.69, 9.17) is 4.74 Å². The summed E-state index contributed by atoms with van der Waals surface area (Å²) in [4.78, 5) is 9.79. The van der Waals surface area contributed by atoms with Crippen molar-refractivity contribution < 1.29 is 22.3 Å². The molecule has 1 aliphatic carbocycles. The van der Waals surface area contributed by atoms with Crippen LogP contribution in [0.2, 0.25) is 0 Å². The minimum Gasteiger partial charge on any atom is -0.497 e. The van der Waals surface area contributed by atoms with E-state index >= 15 is 0 Å². The highest BCUT2D eigenvalue weighted by Crippen LogP contribution is 2.38. The van der Waals surface area contributed by atoms with Crippen LogP contribution < -0.4 is 10.1 Å². The molecule has 1 N–H and O–H groups in total. The second-order valence-corrected chi connectivity index (χ2v) is 7.07. The Bertz CT molecular complexity index is 841. The Balaban J connectivity index is 1.91. The molecule has 2 atom stereocenters. The van der Waals surface area contributed by atoms with Gasteiger partial charge in [-0.1, -0.05) is 0 Å². The highest BCUT2D eigenvalue weighted by Gasteiger charge is 2.37. The molecule has 0 spiro atoms. The van der Waals surface area contributed by atoms with Gasteiger partial charge in [-0.25, -0.2) is 14.4 Å². The van der Waals surface area contributed by atoms with E-state index in [0.717, 1.165) is 31.5 Å². The average molecular weight is 398 g/mol. The predicted molar refractivity (Wildman–Crippen MR) is 97.7 cm³/mol. The molecule has 1 heterocycles. The highest BCUT2D eigenvalue weighted by atomic mass is 19.4. The Labute approximate surface area is 160 Å². The summed E-state index contributed by atoms with van der Waals surface area (Å²) in [5.74, 6) is -0.723. The third-order valence-corrected chi connectivity index (χ3v) is 4.99. The maximum absolute atomic E-state index is 14.3. The van der Waals surface area contributed by atoms with Crippen LogP contribution in [0.5, 0.6) is 5.75 Å². The molecule has 2 aromatic rings. The molecule has 2 unspecified atom stereocenters. The summed E-state index contributed by atoms with van der Waals surface area (Å²) in [6, 6.07) is 4.02. The molecule has 0 aliphatic heterocycles. The summed E-state index contributed by atoms with van der Waals surface area (Å²) in [7, 11) is 5.30. The van der Waals surface area contributed by atoms with Gasteiger partial charge in [0.15, 0.2) is 5.69 Å². The van der Waals surface area contributed by atoms with Gasteiger partial charge in [0.25, 0.3) is 0 Å². The van der Waals surface area contributed by atoms with Crippen molar-refractivity contribution in [2.45, 2.75) is 37.5 Å². The predicted octanol–water partition coefficient (Wildman–Crippen LogP) is 4.20. The van der Waals surface area contributed by atoms with Crippen LogP contribution >= 0.6 is 0 Å². The monoisotopic (exact) mass is 398 g/mol. The van der Waals surface area contributed by atoms with Crippen LogP contribution in [-0.4, -0.2) is 48.2 Å². The van der Waals surface area contributed by atoms with Crippen molar-refractivity contribution in [1.82, 2.24) is 14.9 Å². The molecule has 152 valence electrons. The van der Waals surface area contributed by atoms with Crippen molar-refractivity contribution >= 4 is 5.95 Å². The first-order valence-electron chi connectivity index (χ1n) is 8.90. The molecule has 1 fully saturated rings. The average Bonchev–Trinajstić information content (AvgIpc) is 3.10. The second-order valence-electron chi connectivity index (χ2n) is 7.07. The van der Waals surface area contributed by atoms with Gasteiger partial charge in [-0.2, -0.15) is 13.2 Å². The van der Waals surface area contributed by atoms with Crippen molar-refractivity contribution in [3.63, 3.8) is 0 Å². The van der Waals surface area contributed by atoms with Gasteiger partial charge in [0.05, 0.1) is 7.11 Å². The van der Waals surface area contributed by atoms with Crippen molar-refractivity contribution in [1.29, 1.82) is 0 Å². The van der Waals surface area contributed by atoms with Gasteiger partial charge in [0.2, 0.25) is 5.95 Å². The summed E-state index contributed by atoms with van der Waals surface area (Å²) in [6.45, 7) is 0. The molecule has 1 aliphatic rings. The SMILES string of the molecule is COc1ccc(-c2cnc(NC3CCC(N(C)C)C3)nc2C(F)(F)F)c(F)c1. The van der Waals surface area contributed by atoms with Crippen LogP contribution in [0.1, 0.15) is 25.0 Å². The fraction of sp³-hybridized carbons (Fsp3) is 0.474. The lowest BCUT2D eigenvalue weighted by molar-refractivity contribution is -0.140. The molecule has 0 saturated heterocycles. The lowest BCUT2D eigenvalue weighted by Crippen LogP contribution is -2.27. The van der Waals surface area contributed by atoms with E-state index in [1.54, 1.807) is 0 Å². The van der Waals surface area contributed by atoms with Gasteiger partial charge in [-0.05, 0) is 45.5 Å². The first kappa shape index (κ1) is 20.3. The molecular weight excluding hydrogens is 376 g/mol. The summed E-state index contributed by atoms with van der Waals surface area (Å²) >= 11 is 0. The molecule has 1 aromatic carbocycles. The zero-order valence-corrected chi connectivity index (χ0v) is 15.8. The van der Waals surface area contributed by atoms with Gasteiger partial charge >= 0.3 is 6.18 Å². The number of halogens is 4. The van der Waals surface area contributed by atoms with Crippen molar-refractivity contribution in [2.75, 3.05) is 26.5 Å². The molecule has 5 nitrogen and oxygen atoms in total. The van der Waals surface area contributed by atoms with Crippen molar-refractivity contribution in [3.8, 4) is 16.9 Å². The van der Waals surface area contributed by atoms with E-state index in [9.17, 15) is 17.6 Å². The molecule has 9 heteroatoms. The molecular formula is C19H22F4N4O. The van der Waals surface area contributed by atoms with Gasteiger partial charge in [-0.15, -0.1) is 0 Å². The van der Waals surface area contributed by atoms with Crippen molar-refractivity contribution in [3.05, 3.63) is 35.9 Å². The van der Waals surface area contributed by atoms with Crippen LogP contribution in [0.4, 0.5) is 23.5 Å². The van der Waals surface area contributed by atoms with E-state index in [2.05, 4.69) is 20.2 Å². The number of alkyl halides is 3. The fourth-order valence-corrected chi connectivity index (χ4v) is 3.45. The number of anilines is 1. The summed E-state index contributed by atoms with van der Waals surface area (Å²) < 4.78 is 60.0. The van der Waals surface area contributed by atoms with Crippen LogP contribution in [0, 0.1) is 5.82 Å². The Kier molecular flexibility index (Phi) is 5.74. The van der Waals surface area contributed by atoms with Gasteiger partial charge in [-0.3, -0.25) is 0 Å². The third kappa shape index (κ3) is 4.35. The molecule has 0 radical (unpaired) electrons. The van der Waals surface area contributed by atoms with E-state index in [-0.39, 0.29) is 23.3 Å². The number of nitrogens with one attached hydrogen (secondary N) is 1. The number of rotatable bonds is 5. The van der Waals surface area contributed by atoms with Crippen LogP contribution in [-0.2, 0) is 6.18 Å². The topological polar surface area (TPSA) is 50.3 Å². The smallest absolute Gasteiger partial charge is 0.434 e. The second kappa shape index (κ2) is 7.90. The largest absolute Gasteiger partial charge is 0.497 e. The minimum absolute atomic E-state index is 0.00273. The highest BCUT2D eigenvalue weighted by molar-refractivity contribution is 5.68. The van der Waals surface area contributed by atoms with Crippen molar-refractivity contribution in [2.24, 2.45) is 0 Å². The third-order valence-electron chi connectivity index (χ3n) is 4.99. The van der Waals surface area contributed by atoms with Crippen LogP contribution in [0.3, 0.4) is 0 Å². The standard InChI is InChI=1S/C19H22F4N4O/c1-27(2)12-5-4-11(8-12)25-18-24-10-15(17(26-18)19(21,22)23)14-7-6-13(28-3)9-16(14)20/h6-7,9-12H,4-5,8H2,1-3H3,(H,24,25,26). The Morgan fingerprint density at radius 2 is 1.93 bits per heavy atom. The van der Waals surface area contributed by atoms with E-state index in [1.165, 1.54) is 19.2 Å².